The summed E-state index contributed by atoms with van der Waals surface area (Å²) in [4.78, 5) is 11.2. The summed E-state index contributed by atoms with van der Waals surface area (Å²) in [6.07, 6.45) is 0. The van der Waals surface area contributed by atoms with E-state index in [1.165, 1.54) is 0 Å². The standard InChI is InChI=1S/C9H7BrF3NO/c10-3-4-14-9(15)5-1-2-6(11)8(13)7(5)12/h1-2H,3-4H2,(H,14,15). The lowest BCUT2D eigenvalue weighted by Crippen LogP contribution is -2.26. The molecule has 15 heavy (non-hydrogen) atoms. The molecular formula is C9H7BrF3NO. The van der Waals surface area contributed by atoms with Crippen LogP contribution >= 0.6 is 15.9 Å². The second kappa shape index (κ2) is 5.16. The fourth-order valence-electron chi connectivity index (χ4n) is 0.957. The van der Waals surface area contributed by atoms with E-state index in [9.17, 15) is 18.0 Å². The molecule has 0 aromatic heterocycles. The Kier molecular flexibility index (Phi) is 4.14. The van der Waals surface area contributed by atoms with Crippen molar-refractivity contribution in [2.75, 3.05) is 11.9 Å². The Morgan fingerprint density at radius 3 is 2.53 bits per heavy atom. The molecule has 0 saturated heterocycles. The average Bonchev–Trinajstić information content (AvgIpc) is 2.23. The van der Waals surface area contributed by atoms with Crippen LogP contribution in [0.25, 0.3) is 0 Å². The fraction of sp³-hybridized carbons (Fsp3) is 0.222. The summed E-state index contributed by atoms with van der Waals surface area (Å²) in [5, 5.41) is 2.81. The number of rotatable bonds is 3. The first kappa shape index (κ1) is 12.0. The third kappa shape index (κ3) is 2.71. The summed E-state index contributed by atoms with van der Waals surface area (Å²) in [6.45, 7) is 0.275. The number of hydrogen-bond acceptors (Lipinski definition) is 1. The normalized spacial score (nSPS) is 10.1. The van der Waals surface area contributed by atoms with E-state index < -0.39 is 28.9 Å². The molecular weight excluding hydrogens is 275 g/mol. The predicted molar refractivity (Wildman–Crippen MR) is 52.4 cm³/mol. The highest BCUT2D eigenvalue weighted by Gasteiger charge is 2.17. The molecule has 0 saturated carbocycles. The van der Waals surface area contributed by atoms with Gasteiger partial charge < -0.3 is 5.32 Å². The number of nitrogens with one attached hydrogen (secondary N) is 1. The number of amides is 1. The molecule has 0 spiro atoms. The van der Waals surface area contributed by atoms with Gasteiger partial charge in [-0.3, -0.25) is 4.79 Å². The van der Waals surface area contributed by atoms with E-state index in [4.69, 9.17) is 0 Å². The molecule has 0 unspecified atom stereocenters. The summed E-state index contributed by atoms with van der Waals surface area (Å²) in [5.74, 6) is -5.20. The van der Waals surface area contributed by atoms with Crippen LogP contribution < -0.4 is 5.32 Å². The largest absolute Gasteiger partial charge is 0.351 e. The van der Waals surface area contributed by atoms with Gasteiger partial charge in [-0.2, -0.15) is 0 Å². The molecule has 0 fully saturated rings. The Bertz CT molecular complexity index is 384. The molecule has 6 heteroatoms. The number of halogens is 4. The second-order valence-corrected chi connectivity index (χ2v) is 3.46. The first-order chi connectivity index (χ1) is 7.07. The van der Waals surface area contributed by atoms with E-state index in [-0.39, 0.29) is 6.54 Å². The van der Waals surface area contributed by atoms with Crippen LogP contribution in [0, 0.1) is 17.5 Å². The van der Waals surface area contributed by atoms with Crippen molar-refractivity contribution in [3.63, 3.8) is 0 Å². The summed E-state index contributed by atoms with van der Waals surface area (Å²) < 4.78 is 38.3. The van der Waals surface area contributed by atoms with Gasteiger partial charge >= 0.3 is 0 Å². The highest BCUT2D eigenvalue weighted by Crippen LogP contribution is 2.14. The van der Waals surface area contributed by atoms with Crippen molar-refractivity contribution in [3.8, 4) is 0 Å². The van der Waals surface area contributed by atoms with Crippen molar-refractivity contribution in [2.24, 2.45) is 0 Å². The minimum Gasteiger partial charge on any atom is -0.351 e. The molecule has 0 aliphatic rings. The molecule has 1 aromatic rings. The molecule has 1 N–H and O–H groups in total. The van der Waals surface area contributed by atoms with Crippen molar-refractivity contribution < 1.29 is 18.0 Å². The molecule has 0 radical (unpaired) electrons. The van der Waals surface area contributed by atoms with Crippen LogP contribution in [-0.2, 0) is 0 Å². The number of hydrogen-bond donors (Lipinski definition) is 1. The highest BCUT2D eigenvalue weighted by molar-refractivity contribution is 9.09. The van der Waals surface area contributed by atoms with Gasteiger partial charge in [-0.1, -0.05) is 15.9 Å². The van der Waals surface area contributed by atoms with Crippen LogP contribution in [0.15, 0.2) is 12.1 Å². The van der Waals surface area contributed by atoms with Crippen LogP contribution in [0.2, 0.25) is 0 Å². The Balaban J connectivity index is 2.95. The van der Waals surface area contributed by atoms with Crippen LogP contribution in [-0.4, -0.2) is 17.8 Å². The van der Waals surface area contributed by atoms with Gasteiger partial charge in [-0.25, -0.2) is 13.2 Å². The predicted octanol–water partition coefficient (Wildman–Crippen LogP) is 2.23. The van der Waals surface area contributed by atoms with Gasteiger partial charge in [0.25, 0.3) is 5.91 Å². The zero-order valence-corrected chi connectivity index (χ0v) is 9.08. The Hall–Kier alpha value is -1.04. The number of carbonyl (C=O) groups excluding carboxylic acids is 1. The van der Waals surface area contributed by atoms with Crippen LogP contribution in [0.5, 0.6) is 0 Å². The smallest absolute Gasteiger partial charge is 0.254 e. The molecule has 82 valence electrons. The van der Waals surface area contributed by atoms with Crippen LogP contribution in [0.1, 0.15) is 10.4 Å². The lowest BCUT2D eigenvalue weighted by molar-refractivity contribution is 0.0951. The van der Waals surface area contributed by atoms with Gasteiger partial charge in [0.05, 0.1) is 5.56 Å². The third-order valence-corrected chi connectivity index (χ3v) is 2.06. The molecule has 2 nitrogen and oxygen atoms in total. The van der Waals surface area contributed by atoms with Crippen molar-refractivity contribution in [1.29, 1.82) is 0 Å². The lowest BCUT2D eigenvalue weighted by atomic mass is 10.2. The van der Waals surface area contributed by atoms with E-state index in [1.807, 2.05) is 0 Å². The maximum atomic E-state index is 13.1. The van der Waals surface area contributed by atoms with Crippen molar-refractivity contribution in [3.05, 3.63) is 35.1 Å². The van der Waals surface area contributed by atoms with Crippen molar-refractivity contribution in [2.45, 2.75) is 0 Å². The summed E-state index contributed by atoms with van der Waals surface area (Å²) in [7, 11) is 0. The highest BCUT2D eigenvalue weighted by atomic mass is 79.9. The van der Waals surface area contributed by atoms with Crippen molar-refractivity contribution in [1.82, 2.24) is 5.32 Å². The van der Waals surface area contributed by atoms with Crippen molar-refractivity contribution >= 4 is 21.8 Å². The van der Waals surface area contributed by atoms with E-state index >= 15 is 0 Å². The zero-order chi connectivity index (χ0) is 11.4. The molecule has 0 aliphatic carbocycles. The third-order valence-electron chi connectivity index (χ3n) is 1.66. The Labute approximate surface area is 92.6 Å². The van der Waals surface area contributed by atoms with E-state index in [0.29, 0.717) is 11.4 Å². The fourth-order valence-corrected chi connectivity index (χ4v) is 1.16. The van der Waals surface area contributed by atoms with Gasteiger partial charge in [-0.15, -0.1) is 0 Å². The second-order valence-electron chi connectivity index (χ2n) is 2.67. The maximum absolute atomic E-state index is 13.1. The van der Waals surface area contributed by atoms with E-state index in [0.717, 1.165) is 6.07 Å². The molecule has 1 amide bonds. The molecule has 0 aliphatic heterocycles. The summed E-state index contributed by atoms with van der Waals surface area (Å²) >= 11 is 3.05. The number of alkyl halides is 1. The lowest BCUT2D eigenvalue weighted by Gasteiger charge is -2.04. The van der Waals surface area contributed by atoms with Gasteiger partial charge in [0.1, 0.15) is 0 Å². The average molecular weight is 282 g/mol. The topological polar surface area (TPSA) is 29.1 Å². The SMILES string of the molecule is O=C(NCCBr)c1ccc(F)c(F)c1F. The first-order valence-electron chi connectivity index (χ1n) is 4.05. The quantitative estimate of drug-likeness (QED) is 0.668. The molecule has 1 aromatic carbocycles. The first-order valence-corrected chi connectivity index (χ1v) is 5.17. The Morgan fingerprint density at radius 1 is 1.27 bits per heavy atom. The molecule has 1 rings (SSSR count). The van der Waals surface area contributed by atoms with Gasteiger partial charge in [0.2, 0.25) is 0 Å². The van der Waals surface area contributed by atoms with E-state index in [2.05, 4.69) is 21.2 Å². The van der Waals surface area contributed by atoms with Gasteiger partial charge in [0.15, 0.2) is 17.5 Å². The summed E-state index contributed by atoms with van der Waals surface area (Å²) in [6, 6.07) is 1.61. The van der Waals surface area contributed by atoms with Crippen LogP contribution in [0.4, 0.5) is 13.2 Å². The number of carbonyl (C=O) groups is 1. The maximum Gasteiger partial charge on any atom is 0.254 e. The van der Waals surface area contributed by atoms with Crippen LogP contribution in [0.3, 0.4) is 0 Å². The van der Waals surface area contributed by atoms with Gasteiger partial charge in [0, 0.05) is 11.9 Å². The molecule has 0 atom stereocenters. The minimum absolute atomic E-state index is 0.275. The molecule has 0 heterocycles. The van der Waals surface area contributed by atoms with E-state index in [1.54, 1.807) is 0 Å². The molecule has 0 bridgehead atoms. The monoisotopic (exact) mass is 281 g/mol. The summed E-state index contributed by atoms with van der Waals surface area (Å²) in [5.41, 5.74) is -0.505. The Morgan fingerprint density at radius 2 is 1.93 bits per heavy atom. The number of benzene rings is 1. The minimum atomic E-state index is -1.64. The van der Waals surface area contributed by atoms with Gasteiger partial charge in [-0.05, 0) is 12.1 Å². The zero-order valence-electron chi connectivity index (χ0n) is 7.49.